The van der Waals surface area contributed by atoms with Crippen LogP contribution in [0.25, 0.3) is 10.8 Å². The number of nitrogens with one attached hydrogen (secondary N) is 1. The van der Waals surface area contributed by atoms with Crippen molar-refractivity contribution in [1.29, 1.82) is 0 Å². The average molecular weight is 382 g/mol. The maximum absolute atomic E-state index is 11.0. The molecule has 0 radical (unpaired) electrons. The van der Waals surface area contributed by atoms with Crippen LogP contribution in [0.4, 0.5) is 5.69 Å². The molecule has 4 aromatic carbocycles. The van der Waals surface area contributed by atoms with Crippen LogP contribution in [-0.2, 0) is 0 Å². The Morgan fingerprint density at radius 3 is 2.28 bits per heavy atom. The SMILES string of the molecule is O=[N+]([O-])c1ccc(C2NC(c3ccccc3)c3c(ccc4ccccc34)O2)cc1. The van der Waals surface area contributed by atoms with E-state index in [4.69, 9.17) is 4.74 Å². The Bertz CT molecular complexity index is 1190. The highest BCUT2D eigenvalue weighted by Gasteiger charge is 2.31. The molecule has 0 saturated heterocycles. The lowest BCUT2D eigenvalue weighted by Crippen LogP contribution is -2.35. The lowest BCUT2D eigenvalue weighted by molar-refractivity contribution is -0.384. The minimum atomic E-state index is -0.408. The van der Waals surface area contributed by atoms with Gasteiger partial charge in [0, 0.05) is 23.3 Å². The van der Waals surface area contributed by atoms with Crippen molar-refractivity contribution in [3.63, 3.8) is 0 Å². The maximum Gasteiger partial charge on any atom is 0.269 e. The first-order valence-corrected chi connectivity index (χ1v) is 9.44. The number of non-ortho nitro benzene ring substituents is 1. The molecule has 1 heterocycles. The van der Waals surface area contributed by atoms with Gasteiger partial charge in [-0.05, 0) is 34.5 Å². The van der Waals surface area contributed by atoms with Crippen molar-refractivity contribution in [2.75, 3.05) is 0 Å². The van der Waals surface area contributed by atoms with Gasteiger partial charge in [0.2, 0.25) is 0 Å². The molecule has 0 spiro atoms. The predicted octanol–water partition coefficient (Wildman–Crippen LogP) is 5.52. The van der Waals surface area contributed by atoms with Crippen LogP contribution in [0, 0.1) is 10.1 Å². The molecule has 142 valence electrons. The zero-order valence-electron chi connectivity index (χ0n) is 15.5. The number of hydrogen-bond donors (Lipinski definition) is 1. The molecule has 2 unspecified atom stereocenters. The zero-order chi connectivity index (χ0) is 19.8. The Morgan fingerprint density at radius 2 is 1.52 bits per heavy atom. The van der Waals surface area contributed by atoms with Crippen LogP contribution >= 0.6 is 0 Å². The second-order valence-electron chi connectivity index (χ2n) is 7.06. The van der Waals surface area contributed by atoms with Crippen molar-refractivity contribution in [3.8, 4) is 5.75 Å². The summed E-state index contributed by atoms with van der Waals surface area (Å²) < 4.78 is 6.30. The number of benzene rings is 4. The monoisotopic (exact) mass is 382 g/mol. The second kappa shape index (κ2) is 7.04. The second-order valence-corrected chi connectivity index (χ2v) is 7.06. The first-order chi connectivity index (χ1) is 14.2. The quantitative estimate of drug-likeness (QED) is 0.374. The van der Waals surface area contributed by atoms with Gasteiger partial charge in [0.1, 0.15) is 5.75 Å². The summed E-state index contributed by atoms with van der Waals surface area (Å²) in [5.74, 6) is 0.819. The zero-order valence-corrected chi connectivity index (χ0v) is 15.5. The Kier molecular flexibility index (Phi) is 4.22. The van der Waals surface area contributed by atoms with Crippen LogP contribution in [0.3, 0.4) is 0 Å². The summed E-state index contributed by atoms with van der Waals surface area (Å²) in [5.41, 5.74) is 3.15. The molecular formula is C24H18N2O3. The Labute approximate surface area is 167 Å². The van der Waals surface area contributed by atoms with E-state index in [9.17, 15) is 10.1 Å². The summed E-state index contributed by atoms with van der Waals surface area (Å²) in [7, 11) is 0. The molecule has 1 aliphatic heterocycles. The largest absolute Gasteiger partial charge is 0.471 e. The fourth-order valence-corrected chi connectivity index (χ4v) is 3.92. The van der Waals surface area contributed by atoms with Crippen LogP contribution in [0.1, 0.15) is 29.0 Å². The van der Waals surface area contributed by atoms with Gasteiger partial charge in [-0.1, -0.05) is 60.7 Å². The molecule has 29 heavy (non-hydrogen) atoms. The summed E-state index contributed by atoms with van der Waals surface area (Å²) >= 11 is 0. The van der Waals surface area contributed by atoms with Crippen molar-refractivity contribution >= 4 is 16.5 Å². The Morgan fingerprint density at radius 1 is 0.793 bits per heavy atom. The highest BCUT2D eigenvalue weighted by molar-refractivity contribution is 5.89. The first-order valence-electron chi connectivity index (χ1n) is 9.44. The molecule has 0 bridgehead atoms. The van der Waals surface area contributed by atoms with Gasteiger partial charge in [-0.3, -0.25) is 15.4 Å². The highest BCUT2D eigenvalue weighted by Crippen LogP contribution is 2.42. The summed E-state index contributed by atoms with van der Waals surface area (Å²) in [5, 5.41) is 16.9. The third-order valence-electron chi connectivity index (χ3n) is 5.32. The van der Waals surface area contributed by atoms with Crippen molar-refractivity contribution in [2.24, 2.45) is 0 Å². The van der Waals surface area contributed by atoms with Gasteiger partial charge in [-0.15, -0.1) is 0 Å². The van der Waals surface area contributed by atoms with Gasteiger partial charge < -0.3 is 4.74 Å². The van der Waals surface area contributed by atoms with E-state index in [1.807, 2.05) is 36.4 Å². The molecule has 1 aliphatic rings. The molecule has 5 heteroatoms. The molecule has 2 atom stereocenters. The number of nitro groups is 1. The van der Waals surface area contributed by atoms with E-state index in [1.54, 1.807) is 12.1 Å². The van der Waals surface area contributed by atoms with E-state index >= 15 is 0 Å². The maximum atomic E-state index is 11.0. The van der Waals surface area contributed by atoms with E-state index in [0.29, 0.717) is 0 Å². The molecule has 0 saturated carbocycles. The number of hydrogen-bond acceptors (Lipinski definition) is 4. The van der Waals surface area contributed by atoms with Crippen LogP contribution < -0.4 is 10.1 Å². The van der Waals surface area contributed by atoms with Gasteiger partial charge >= 0.3 is 0 Å². The molecular weight excluding hydrogens is 364 g/mol. The highest BCUT2D eigenvalue weighted by atomic mass is 16.6. The van der Waals surface area contributed by atoms with Crippen LogP contribution in [0.15, 0.2) is 91.0 Å². The van der Waals surface area contributed by atoms with Crippen molar-refractivity contribution in [1.82, 2.24) is 5.32 Å². The predicted molar refractivity (Wildman–Crippen MR) is 112 cm³/mol. The van der Waals surface area contributed by atoms with Crippen LogP contribution in [0.5, 0.6) is 5.75 Å². The molecule has 1 N–H and O–H groups in total. The van der Waals surface area contributed by atoms with Crippen LogP contribution in [-0.4, -0.2) is 4.92 Å². The third kappa shape index (κ3) is 3.11. The van der Waals surface area contributed by atoms with Gasteiger partial charge in [-0.2, -0.15) is 0 Å². The van der Waals surface area contributed by atoms with Gasteiger partial charge in [-0.25, -0.2) is 0 Å². The summed E-state index contributed by atoms with van der Waals surface area (Å²) in [6.45, 7) is 0. The van der Waals surface area contributed by atoms with Crippen molar-refractivity contribution < 1.29 is 9.66 Å². The molecule has 5 rings (SSSR count). The number of nitro benzene ring substituents is 1. The third-order valence-corrected chi connectivity index (χ3v) is 5.32. The summed E-state index contributed by atoms with van der Waals surface area (Å²) in [4.78, 5) is 10.6. The average Bonchev–Trinajstić information content (AvgIpc) is 2.78. The Balaban J connectivity index is 1.63. The number of rotatable bonds is 3. The topological polar surface area (TPSA) is 64.4 Å². The van der Waals surface area contributed by atoms with E-state index in [0.717, 1.165) is 33.2 Å². The summed E-state index contributed by atoms with van der Waals surface area (Å²) in [6.07, 6.45) is -0.408. The Hall–Kier alpha value is -3.70. The van der Waals surface area contributed by atoms with Crippen molar-refractivity contribution in [2.45, 2.75) is 12.3 Å². The fraction of sp³-hybridized carbons (Fsp3) is 0.0833. The molecule has 5 nitrogen and oxygen atoms in total. The van der Waals surface area contributed by atoms with Crippen LogP contribution in [0.2, 0.25) is 0 Å². The minimum Gasteiger partial charge on any atom is -0.471 e. The first kappa shape index (κ1) is 17.4. The van der Waals surface area contributed by atoms with E-state index in [2.05, 4.69) is 35.6 Å². The molecule has 0 aromatic heterocycles. The minimum absolute atomic E-state index is 0.0637. The summed E-state index contributed by atoms with van der Waals surface area (Å²) in [6, 6.07) is 29.0. The van der Waals surface area contributed by atoms with Gasteiger partial charge in [0.15, 0.2) is 6.23 Å². The molecule has 0 fully saturated rings. The smallest absolute Gasteiger partial charge is 0.269 e. The van der Waals surface area contributed by atoms with E-state index in [1.165, 1.54) is 12.1 Å². The van der Waals surface area contributed by atoms with E-state index < -0.39 is 11.2 Å². The van der Waals surface area contributed by atoms with Crippen molar-refractivity contribution in [3.05, 3.63) is 118 Å². The fourth-order valence-electron chi connectivity index (χ4n) is 3.92. The number of fused-ring (bicyclic) bond motifs is 3. The van der Waals surface area contributed by atoms with Gasteiger partial charge in [0.05, 0.1) is 11.0 Å². The van der Waals surface area contributed by atoms with Gasteiger partial charge in [0.25, 0.3) is 5.69 Å². The van der Waals surface area contributed by atoms with E-state index in [-0.39, 0.29) is 11.7 Å². The standard InChI is InChI=1S/C24H18N2O3/c27-26(28)19-13-10-18(11-14-19)24-25-23(17-7-2-1-3-8-17)22-20-9-5-4-6-16(20)12-15-21(22)29-24/h1-15,23-25H. The molecule has 0 aliphatic carbocycles. The lowest BCUT2D eigenvalue weighted by Gasteiger charge is -2.35. The number of ether oxygens (including phenoxy) is 1. The molecule has 4 aromatic rings. The normalized spacial score (nSPS) is 18.1. The molecule has 0 amide bonds. The lowest BCUT2D eigenvalue weighted by atomic mass is 9.91. The number of nitrogens with zero attached hydrogens (tertiary/aromatic N) is 1.